The third-order valence-electron chi connectivity index (χ3n) is 5.85. The minimum absolute atomic E-state index is 0.0820. The van der Waals surface area contributed by atoms with Gasteiger partial charge in [0.2, 0.25) is 5.52 Å². The normalized spacial score (nSPS) is 17.2. The minimum atomic E-state index is -3.96. The summed E-state index contributed by atoms with van der Waals surface area (Å²) in [5.41, 5.74) is 4.76. The molecule has 1 aromatic heterocycles. The van der Waals surface area contributed by atoms with Crippen LogP contribution in [-0.2, 0) is 22.1 Å². The van der Waals surface area contributed by atoms with Crippen LogP contribution in [-0.4, -0.2) is 25.8 Å². The average Bonchev–Trinajstić information content (AvgIpc) is 3.15. The Morgan fingerprint density at radius 1 is 1.13 bits per heavy atom. The molecule has 0 amide bonds. The molecular formula is C24H27N2O3S2+. The highest BCUT2D eigenvalue weighted by molar-refractivity contribution is 7.85. The molecule has 3 aromatic rings. The third-order valence-corrected chi connectivity index (χ3v) is 7.79. The fourth-order valence-corrected chi connectivity index (χ4v) is 5.93. The minimum Gasteiger partial charge on any atom is -0.347 e. The van der Waals surface area contributed by atoms with E-state index in [1.165, 1.54) is 16.9 Å². The summed E-state index contributed by atoms with van der Waals surface area (Å²) in [7, 11) is -1.86. The SMILES string of the molecule is CN1C(=CC=Cc2sc3ccccc3[n+]2CCCS(=O)(=O)O)C(C)(C)c2ccccc21. The molecule has 162 valence electrons. The number of thiazole rings is 1. The van der Waals surface area contributed by atoms with Gasteiger partial charge in [-0.2, -0.15) is 13.0 Å². The van der Waals surface area contributed by atoms with Crippen molar-refractivity contribution < 1.29 is 17.5 Å². The van der Waals surface area contributed by atoms with Crippen LogP contribution in [0.5, 0.6) is 0 Å². The van der Waals surface area contributed by atoms with E-state index >= 15 is 0 Å². The quantitative estimate of drug-likeness (QED) is 0.429. The van der Waals surface area contributed by atoms with Crippen molar-refractivity contribution in [2.24, 2.45) is 0 Å². The smallest absolute Gasteiger partial charge is 0.265 e. The molecule has 0 spiro atoms. The number of hydrogen-bond donors (Lipinski definition) is 1. The molecule has 1 aliphatic rings. The number of aryl methyl sites for hydroxylation is 1. The second-order valence-corrected chi connectivity index (χ2v) is 10.9. The van der Waals surface area contributed by atoms with E-state index in [2.05, 4.69) is 78.9 Å². The molecule has 7 heteroatoms. The molecule has 0 atom stereocenters. The lowest BCUT2D eigenvalue weighted by Gasteiger charge is -2.23. The molecule has 0 radical (unpaired) electrons. The van der Waals surface area contributed by atoms with Gasteiger partial charge in [0, 0.05) is 42.4 Å². The van der Waals surface area contributed by atoms with Crippen molar-refractivity contribution in [1.29, 1.82) is 0 Å². The van der Waals surface area contributed by atoms with Crippen LogP contribution in [0.15, 0.2) is 66.4 Å². The molecule has 0 saturated heterocycles. The Morgan fingerprint density at radius 3 is 2.58 bits per heavy atom. The molecule has 1 aliphatic heterocycles. The lowest BCUT2D eigenvalue weighted by molar-refractivity contribution is -0.668. The summed E-state index contributed by atoms with van der Waals surface area (Å²) in [6, 6.07) is 16.6. The topological polar surface area (TPSA) is 61.5 Å². The first-order valence-electron chi connectivity index (χ1n) is 10.3. The number of nitrogens with zero attached hydrogens (tertiary/aromatic N) is 2. The first-order chi connectivity index (χ1) is 14.7. The number of likely N-dealkylation sites (N-methyl/N-ethyl adjacent to an activating group) is 1. The molecule has 5 nitrogen and oxygen atoms in total. The van der Waals surface area contributed by atoms with Crippen molar-refractivity contribution in [3.8, 4) is 0 Å². The van der Waals surface area contributed by atoms with Crippen LogP contribution in [0.1, 0.15) is 30.8 Å². The number of aromatic nitrogens is 1. The van der Waals surface area contributed by atoms with Crippen LogP contribution < -0.4 is 9.47 Å². The molecule has 4 rings (SSSR count). The van der Waals surface area contributed by atoms with Gasteiger partial charge in [-0.1, -0.05) is 61.6 Å². The zero-order valence-electron chi connectivity index (χ0n) is 17.9. The summed E-state index contributed by atoms with van der Waals surface area (Å²) >= 11 is 1.67. The second-order valence-electron chi connectivity index (χ2n) is 8.31. The maximum atomic E-state index is 11.1. The van der Waals surface area contributed by atoms with Crippen LogP contribution in [0, 0.1) is 0 Å². The summed E-state index contributed by atoms with van der Waals surface area (Å²) in [5, 5.41) is 1.05. The van der Waals surface area contributed by atoms with Gasteiger partial charge in [0.1, 0.15) is 4.70 Å². The van der Waals surface area contributed by atoms with Crippen molar-refractivity contribution in [2.75, 3.05) is 17.7 Å². The monoisotopic (exact) mass is 455 g/mol. The van der Waals surface area contributed by atoms with Gasteiger partial charge < -0.3 is 4.90 Å². The number of anilines is 1. The highest BCUT2D eigenvalue weighted by Crippen LogP contribution is 2.46. The van der Waals surface area contributed by atoms with Gasteiger partial charge in [-0.25, -0.2) is 0 Å². The van der Waals surface area contributed by atoms with Gasteiger partial charge in [0.25, 0.3) is 15.1 Å². The molecule has 1 N–H and O–H groups in total. The van der Waals surface area contributed by atoms with Crippen LogP contribution in [0.25, 0.3) is 16.3 Å². The van der Waals surface area contributed by atoms with E-state index < -0.39 is 10.1 Å². The van der Waals surface area contributed by atoms with E-state index in [4.69, 9.17) is 4.55 Å². The molecule has 31 heavy (non-hydrogen) atoms. The van der Waals surface area contributed by atoms with Gasteiger partial charge in [-0.3, -0.25) is 4.55 Å². The molecule has 0 fully saturated rings. The lowest BCUT2D eigenvalue weighted by atomic mass is 9.84. The maximum Gasteiger partial charge on any atom is 0.265 e. The van der Waals surface area contributed by atoms with Gasteiger partial charge >= 0.3 is 0 Å². The Morgan fingerprint density at radius 2 is 1.84 bits per heavy atom. The highest BCUT2D eigenvalue weighted by Gasteiger charge is 2.37. The molecule has 0 saturated carbocycles. The fourth-order valence-electron chi connectivity index (χ4n) is 4.34. The van der Waals surface area contributed by atoms with Crippen molar-refractivity contribution in [3.05, 3.63) is 77.0 Å². The van der Waals surface area contributed by atoms with Crippen LogP contribution >= 0.6 is 11.3 Å². The number of hydrogen-bond acceptors (Lipinski definition) is 4. The van der Waals surface area contributed by atoms with E-state index in [1.807, 2.05) is 18.2 Å². The molecule has 2 heterocycles. The van der Waals surface area contributed by atoms with Crippen molar-refractivity contribution in [3.63, 3.8) is 0 Å². The standard InChI is InChI=1S/C24H26N2O3S2/c1-24(2)18-10-4-5-11-19(18)25(3)22(24)14-8-15-23-26(16-9-17-31(27,28)29)20-12-6-7-13-21(20)30-23/h4-8,10-15H,9,16-17H2,1-3H3/p+1. The van der Waals surface area contributed by atoms with Gasteiger partial charge in [-0.05, 0) is 23.8 Å². The molecule has 0 aliphatic carbocycles. The molecular weight excluding hydrogens is 428 g/mol. The summed E-state index contributed by atoms with van der Waals surface area (Å²) in [6.45, 7) is 5.00. The van der Waals surface area contributed by atoms with Gasteiger partial charge in [0.15, 0.2) is 6.54 Å². The van der Waals surface area contributed by atoms with Crippen LogP contribution in [0.2, 0.25) is 0 Å². The van der Waals surface area contributed by atoms with Gasteiger partial charge in [-0.15, -0.1) is 0 Å². The lowest BCUT2D eigenvalue weighted by Crippen LogP contribution is -2.35. The van der Waals surface area contributed by atoms with E-state index in [0.717, 1.165) is 15.2 Å². The molecule has 0 bridgehead atoms. The largest absolute Gasteiger partial charge is 0.347 e. The summed E-state index contributed by atoms with van der Waals surface area (Å²) in [5.74, 6) is -0.241. The number of allylic oxidation sites excluding steroid dienone is 3. The van der Waals surface area contributed by atoms with Crippen molar-refractivity contribution in [1.82, 2.24) is 0 Å². The first-order valence-corrected chi connectivity index (χ1v) is 12.7. The van der Waals surface area contributed by atoms with Gasteiger partial charge in [0.05, 0.1) is 5.75 Å². The van der Waals surface area contributed by atoms with E-state index in [9.17, 15) is 8.42 Å². The zero-order valence-corrected chi connectivity index (χ0v) is 19.6. The summed E-state index contributed by atoms with van der Waals surface area (Å²) in [4.78, 5) is 2.24. The van der Waals surface area contributed by atoms with Crippen LogP contribution in [0.4, 0.5) is 5.69 Å². The predicted molar refractivity (Wildman–Crippen MR) is 128 cm³/mol. The zero-order chi connectivity index (χ0) is 22.2. The third kappa shape index (κ3) is 4.31. The predicted octanol–water partition coefficient (Wildman–Crippen LogP) is 4.79. The first kappa shape index (κ1) is 21.7. The number of benzene rings is 2. The van der Waals surface area contributed by atoms with E-state index in [-0.39, 0.29) is 11.2 Å². The van der Waals surface area contributed by atoms with E-state index in [0.29, 0.717) is 13.0 Å². The number of fused-ring (bicyclic) bond motifs is 2. The number of rotatable bonds is 6. The van der Waals surface area contributed by atoms with Crippen LogP contribution in [0.3, 0.4) is 0 Å². The Kier molecular flexibility index (Phi) is 5.77. The second kappa shape index (κ2) is 8.22. The fraction of sp³-hybridized carbons (Fsp3) is 0.292. The Labute approximate surface area is 187 Å². The Bertz CT molecular complexity index is 1290. The summed E-state index contributed by atoms with van der Waals surface area (Å²) in [6.07, 6.45) is 6.67. The Hall–Kier alpha value is -2.48. The number of para-hydroxylation sites is 2. The van der Waals surface area contributed by atoms with Crippen molar-refractivity contribution >= 4 is 43.4 Å². The molecule has 2 aromatic carbocycles. The van der Waals surface area contributed by atoms with E-state index in [1.54, 1.807) is 11.3 Å². The Balaban J connectivity index is 1.65. The molecule has 0 unspecified atom stereocenters. The summed E-state index contributed by atoms with van der Waals surface area (Å²) < 4.78 is 34.6. The highest BCUT2D eigenvalue weighted by atomic mass is 32.2. The van der Waals surface area contributed by atoms with Crippen molar-refractivity contribution in [2.45, 2.75) is 32.2 Å². The maximum absolute atomic E-state index is 11.1. The average molecular weight is 456 g/mol.